The van der Waals surface area contributed by atoms with E-state index in [-0.39, 0.29) is 6.04 Å². The molecule has 1 aliphatic rings. The lowest BCUT2D eigenvalue weighted by Crippen LogP contribution is -2.35. The van der Waals surface area contributed by atoms with Crippen molar-refractivity contribution in [1.82, 2.24) is 10.2 Å². The summed E-state index contributed by atoms with van der Waals surface area (Å²) in [7, 11) is 1.88. The highest BCUT2D eigenvalue weighted by Crippen LogP contribution is 2.36. The Morgan fingerprint density at radius 1 is 1.38 bits per heavy atom. The van der Waals surface area contributed by atoms with Crippen molar-refractivity contribution in [1.29, 1.82) is 0 Å². The molecule has 1 aromatic rings. The Balaban J connectivity index is 2.21. The largest absolute Gasteiger partial charge is 0.390 e. The van der Waals surface area contributed by atoms with Crippen molar-refractivity contribution in [3.05, 3.63) is 53.7 Å². The van der Waals surface area contributed by atoms with E-state index in [4.69, 9.17) is 0 Å². The molecule has 1 N–H and O–H groups in total. The van der Waals surface area contributed by atoms with Gasteiger partial charge < -0.3 is 15.0 Å². The number of aldehydes is 1. The molecule has 156 valence electrons. The molecule has 0 fully saturated rings. The van der Waals surface area contributed by atoms with Crippen LogP contribution in [0.1, 0.15) is 63.1 Å². The summed E-state index contributed by atoms with van der Waals surface area (Å²) in [6.07, 6.45) is 5.26. The maximum atomic E-state index is 10.9. The van der Waals surface area contributed by atoms with Gasteiger partial charge in [-0.3, -0.25) is 0 Å². The second kappa shape index (κ2) is 10.9. The third-order valence-electron chi connectivity index (χ3n) is 5.55. The molecule has 1 aliphatic heterocycles. The summed E-state index contributed by atoms with van der Waals surface area (Å²) in [6, 6.07) is 6.81. The van der Waals surface area contributed by atoms with E-state index in [1.165, 1.54) is 16.7 Å². The normalized spacial score (nSPS) is 14.8. The van der Waals surface area contributed by atoms with Crippen LogP contribution in [0.25, 0.3) is 5.70 Å². The molecule has 0 aromatic heterocycles. The molecular weight excluding hydrogens is 356 g/mol. The van der Waals surface area contributed by atoms with Crippen LogP contribution >= 0.6 is 0 Å². The van der Waals surface area contributed by atoms with Crippen LogP contribution in [0.4, 0.5) is 0 Å². The molecule has 1 heterocycles. The van der Waals surface area contributed by atoms with Crippen molar-refractivity contribution in [3.63, 3.8) is 0 Å². The SMILES string of the molecule is C=C(NC)C(CCC=O)N1Cc2cc(CC(C#CCC)CC(C)C)ccc2C1=C. The van der Waals surface area contributed by atoms with E-state index in [0.717, 1.165) is 49.9 Å². The Hall–Kier alpha value is -2.47. The molecule has 2 rings (SSSR count). The minimum absolute atomic E-state index is 0.0673. The summed E-state index contributed by atoms with van der Waals surface area (Å²) >= 11 is 0. The van der Waals surface area contributed by atoms with Gasteiger partial charge in [0.15, 0.2) is 0 Å². The number of hydrogen-bond acceptors (Lipinski definition) is 3. The quantitative estimate of drug-likeness (QED) is 0.440. The lowest BCUT2D eigenvalue weighted by molar-refractivity contribution is -0.108. The third-order valence-corrected chi connectivity index (χ3v) is 5.55. The fourth-order valence-electron chi connectivity index (χ4n) is 4.12. The molecule has 29 heavy (non-hydrogen) atoms. The number of rotatable bonds is 10. The van der Waals surface area contributed by atoms with E-state index in [1.807, 2.05) is 7.05 Å². The molecule has 3 heteroatoms. The van der Waals surface area contributed by atoms with Crippen molar-refractivity contribution < 1.29 is 4.79 Å². The Labute approximate surface area is 177 Å². The fraction of sp³-hybridized carbons (Fsp3) is 0.500. The minimum Gasteiger partial charge on any atom is -0.390 e. The fourth-order valence-corrected chi connectivity index (χ4v) is 4.12. The number of nitrogens with one attached hydrogen (secondary N) is 1. The lowest BCUT2D eigenvalue weighted by atomic mass is 9.90. The molecule has 0 saturated heterocycles. The standard InChI is InChI=1S/C26H36N2O/c1-7-8-10-22(15-19(2)3)16-23-12-13-25-21(5)28(18-24(25)17-23)26(11-9-14-29)20(4)27-6/h12-14,17,19,22,26-27H,4-5,7,9,11,15-16,18H2,1-3,6H3. The van der Waals surface area contributed by atoms with Gasteiger partial charge in [0.05, 0.1) is 6.04 Å². The van der Waals surface area contributed by atoms with Crippen LogP contribution in [0.15, 0.2) is 37.1 Å². The van der Waals surface area contributed by atoms with Gasteiger partial charge in [-0.2, -0.15) is 0 Å². The topological polar surface area (TPSA) is 32.3 Å². The molecule has 0 saturated carbocycles. The average molecular weight is 393 g/mol. The summed E-state index contributed by atoms with van der Waals surface area (Å²) in [5.74, 6) is 7.79. The number of nitrogens with zero attached hydrogens (tertiary/aromatic N) is 1. The summed E-state index contributed by atoms with van der Waals surface area (Å²) in [5, 5.41) is 3.16. The van der Waals surface area contributed by atoms with Gasteiger partial charge in [0.1, 0.15) is 6.29 Å². The number of hydrogen-bond donors (Lipinski definition) is 1. The summed E-state index contributed by atoms with van der Waals surface area (Å²) in [4.78, 5) is 13.2. The van der Waals surface area contributed by atoms with Crippen molar-refractivity contribution in [2.24, 2.45) is 11.8 Å². The Kier molecular flexibility index (Phi) is 8.58. The van der Waals surface area contributed by atoms with Gasteiger partial charge in [0.25, 0.3) is 0 Å². The number of carbonyl (C=O) groups is 1. The van der Waals surface area contributed by atoms with Crippen molar-refractivity contribution in [2.75, 3.05) is 7.05 Å². The summed E-state index contributed by atoms with van der Waals surface area (Å²) in [6.45, 7) is 15.9. The van der Waals surface area contributed by atoms with Gasteiger partial charge in [-0.25, -0.2) is 0 Å². The van der Waals surface area contributed by atoms with E-state index in [2.05, 4.69) is 74.2 Å². The van der Waals surface area contributed by atoms with Crippen LogP contribution < -0.4 is 5.32 Å². The summed E-state index contributed by atoms with van der Waals surface area (Å²) in [5.41, 5.74) is 5.79. The average Bonchev–Trinajstić information content (AvgIpc) is 3.01. The molecule has 2 unspecified atom stereocenters. The highest BCUT2D eigenvalue weighted by molar-refractivity contribution is 5.70. The maximum absolute atomic E-state index is 10.9. The number of carbonyl (C=O) groups excluding carboxylic acids is 1. The van der Waals surface area contributed by atoms with Crippen LogP contribution in [0, 0.1) is 23.7 Å². The van der Waals surface area contributed by atoms with Gasteiger partial charge in [0, 0.05) is 49.3 Å². The van der Waals surface area contributed by atoms with E-state index >= 15 is 0 Å². The molecule has 1 aromatic carbocycles. The molecule has 3 nitrogen and oxygen atoms in total. The highest BCUT2D eigenvalue weighted by atomic mass is 16.1. The van der Waals surface area contributed by atoms with Crippen LogP contribution in [0.5, 0.6) is 0 Å². The van der Waals surface area contributed by atoms with Crippen molar-refractivity contribution >= 4 is 12.0 Å². The van der Waals surface area contributed by atoms with Gasteiger partial charge in [-0.05, 0) is 36.3 Å². The first kappa shape index (κ1) is 22.8. The molecule has 0 aliphatic carbocycles. The third kappa shape index (κ3) is 6.00. The zero-order chi connectivity index (χ0) is 21.4. The van der Waals surface area contributed by atoms with Gasteiger partial charge in [0.2, 0.25) is 0 Å². The van der Waals surface area contributed by atoms with Crippen LogP contribution in [0.3, 0.4) is 0 Å². The monoisotopic (exact) mass is 392 g/mol. The molecule has 0 spiro atoms. The number of benzene rings is 1. The Morgan fingerprint density at radius 3 is 2.76 bits per heavy atom. The van der Waals surface area contributed by atoms with E-state index in [0.29, 0.717) is 18.3 Å². The lowest BCUT2D eigenvalue weighted by Gasteiger charge is -2.31. The van der Waals surface area contributed by atoms with Crippen LogP contribution in [0.2, 0.25) is 0 Å². The second-order valence-electron chi connectivity index (χ2n) is 8.31. The number of fused-ring (bicyclic) bond motifs is 1. The van der Waals surface area contributed by atoms with Gasteiger partial charge in [-0.15, -0.1) is 5.92 Å². The van der Waals surface area contributed by atoms with E-state index in [9.17, 15) is 4.79 Å². The van der Waals surface area contributed by atoms with Crippen LogP contribution in [-0.4, -0.2) is 24.3 Å². The molecule has 0 bridgehead atoms. The van der Waals surface area contributed by atoms with Crippen molar-refractivity contribution in [2.45, 2.75) is 65.5 Å². The molecule has 0 radical (unpaired) electrons. The smallest absolute Gasteiger partial charge is 0.120 e. The van der Waals surface area contributed by atoms with Crippen molar-refractivity contribution in [3.8, 4) is 11.8 Å². The number of likely N-dealkylation sites (N-methyl/N-ethyl adjacent to an activating group) is 1. The molecule has 2 atom stereocenters. The van der Waals surface area contributed by atoms with Crippen LogP contribution in [-0.2, 0) is 17.8 Å². The Morgan fingerprint density at radius 2 is 2.14 bits per heavy atom. The first-order chi connectivity index (χ1) is 13.9. The van der Waals surface area contributed by atoms with E-state index < -0.39 is 0 Å². The van der Waals surface area contributed by atoms with Gasteiger partial charge >= 0.3 is 0 Å². The van der Waals surface area contributed by atoms with E-state index in [1.54, 1.807) is 0 Å². The summed E-state index contributed by atoms with van der Waals surface area (Å²) < 4.78 is 0. The first-order valence-electron chi connectivity index (χ1n) is 10.8. The zero-order valence-electron chi connectivity index (χ0n) is 18.6. The highest BCUT2D eigenvalue weighted by Gasteiger charge is 2.29. The molecular formula is C26H36N2O. The predicted molar refractivity (Wildman–Crippen MR) is 123 cm³/mol. The molecule has 0 amide bonds. The minimum atomic E-state index is 0.0673. The zero-order valence-corrected chi connectivity index (χ0v) is 18.6. The Bertz CT molecular complexity index is 797. The van der Waals surface area contributed by atoms with Gasteiger partial charge in [-0.1, -0.05) is 58.0 Å². The first-order valence-corrected chi connectivity index (χ1v) is 10.8. The second-order valence-corrected chi connectivity index (χ2v) is 8.31. The maximum Gasteiger partial charge on any atom is 0.120 e. The predicted octanol–water partition coefficient (Wildman–Crippen LogP) is 5.17.